The minimum absolute atomic E-state index is 0.0578. The Morgan fingerprint density at radius 2 is 1.49 bits per heavy atom. The summed E-state index contributed by atoms with van der Waals surface area (Å²) in [5.41, 5.74) is 12.2. The summed E-state index contributed by atoms with van der Waals surface area (Å²) in [7, 11) is 0. The highest BCUT2D eigenvalue weighted by molar-refractivity contribution is 5.93. The number of benzene rings is 1. The molecule has 0 heterocycles. The Hall–Kier alpha value is -3.18. The minimum atomic E-state index is -1.17. The Morgan fingerprint density at radius 3 is 2.03 bits per heavy atom. The van der Waals surface area contributed by atoms with Crippen molar-refractivity contribution in [2.24, 2.45) is 17.4 Å². The van der Waals surface area contributed by atoms with Crippen LogP contribution in [0.2, 0.25) is 0 Å². The number of hydrogen-bond donors (Lipinski definition) is 7. The quantitative estimate of drug-likeness (QED) is 0.166. The van der Waals surface area contributed by atoms with Gasteiger partial charge in [0.2, 0.25) is 17.7 Å². The van der Waals surface area contributed by atoms with Crippen molar-refractivity contribution >= 4 is 23.7 Å². The van der Waals surface area contributed by atoms with E-state index >= 15 is 0 Å². The summed E-state index contributed by atoms with van der Waals surface area (Å²) >= 11 is 0. The summed E-state index contributed by atoms with van der Waals surface area (Å²) in [6.07, 6.45) is 1.93. The number of carboxylic acids is 1. The Kier molecular flexibility index (Phi) is 12.7. The molecule has 1 rings (SSSR count). The van der Waals surface area contributed by atoms with Crippen LogP contribution in [0.5, 0.6) is 5.75 Å². The molecule has 0 aliphatic carbocycles. The van der Waals surface area contributed by atoms with E-state index in [0.717, 1.165) is 5.56 Å². The van der Waals surface area contributed by atoms with Crippen molar-refractivity contribution in [1.29, 1.82) is 0 Å². The average molecular weight is 494 g/mol. The maximum atomic E-state index is 12.9. The Morgan fingerprint density at radius 1 is 0.886 bits per heavy atom. The van der Waals surface area contributed by atoms with Crippen molar-refractivity contribution in [3.05, 3.63) is 29.8 Å². The summed E-state index contributed by atoms with van der Waals surface area (Å²) in [5, 5.41) is 26.4. The third kappa shape index (κ3) is 11.2. The van der Waals surface area contributed by atoms with Crippen LogP contribution in [0.25, 0.3) is 0 Å². The van der Waals surface area contributed by atoms with Gasteiger partial charge in [-0.25, -0.2) is 4.79 Å². The number of unbranched alkanes of at least 4 members (excludes halogenated alkanes) is 1. The Balaban J connectivity index is 2.74. The standard InChI is InChI=1S/C24H39N5O6/c1-14(2)12-20(29-22(32)18(26)13-16-7-9-17(30)10-8-16)23(33)27-15(3)21(31)28-19(24(34)35)6-4-5-11-25/h7-10,14-15,18-20,30H,4-6,11-13,25-26H2,1-3H3,(H,27,33)(H,28,31)(H,29,32)(H,34,35). The van der Waals surface area contributed by atoms with Gasteiger partial charge in [0.25, 0.3) is 0 Å². The van der Waals surface area contributed by atoms with Crippen LogP contribution >= 0.6 is 0 Å². The van der Waals surface area contributed by atoms with E-state index in [9.17, 15) is 29.4 Å². The second-order valence-corrected chi connectivity index (χ2v) is 9.08. The monoisotopic (exact) mass is 493 g/mol. The van der Waals surface area contributed by atoms with E-state index in [1.807, 2.05) is 13.8 Å². The second-order valence-electron chi connectivity index (χ2n) is 9.08. The molecule has 3 amide bonds. The number of nitrogens with one attached hydrogen (secondary N) is 3. The number of carbonyl (C=O) groups is 4. The van der Waals surface area contributed by atoms with E-state index in [1.165, 1.54) is 19.1 Å². The average Bonchev–Trinajstić information content (AvgIpc) is 2.78. The van der Waals surface area contributed by atoms with E-state index in [1.54, 1.807) is 12.1 Å². The molecule has 4 atom stereocenters. The van der Waals surface area contributed by atoms with Gasteiger partial charge in [-0.15, -0.1) is 0 Å². The van der Waals surface area contributed by atoms with Crippen molar-refractivity contribution in [2.45, 2.75) is 77.0 Å². The molecule has 196 valence electrons. The zero-order valence-electron chi connectivity index (χ0n) is 20.6. The first-order chi connectivity index (χ1) is 16.4. The number of phenolic OH excluding ortho intramolecular Hbond substituents is 1. The first-order valence-corrected chi connectivity index (χ1v) is 11.8. The normalized spacial score (nSPS) is 14.5. The predicted octanol–water partition coefficient (Wildman–Crippen LogP) is -0.00400. The molecule has 11 nitrogen and oxygen atoms in total. The molecule has 35 heavy (non-hydrogen) atoms. The van der Waals surface area contributed by atoms with Crippen LogP contribution in [-0.4, -0.2) is 64.6 Å². The second kappa shape index (κ2) is 14.9. The van der Waals surface area contributed by atoms with Gasteiger partial charge < -0.3 is 37.6 Å². The van der Waals surface area contributed by atoms with Crippen LogP contribution in [0.1, 0.15) is 52.0 Å². The van der Waals surface area contributed by atoms with Crippen molar-refractivity contribution in [2.75, 3.05) is 6.54 Å². The molecule has 0 fully saturated rings. The van der Waals surface area contributed by atoms with Crippen molar-refractivity contribution in [3.8, 4) is 5.75 Å². The molecule has 0 spiro atoms. The molecular weight excluding hydrogens is 454 g/mol. The first kappa shape index (κ1) is 29.9. The fourth-order valence-corrected chi connectivity index (χ4v) is 3.39. The maximum Gasteiger partial charge on any atom is 0.326 e. The lowest BCUT2D eigenvalue weighted by Gasteiger charge is -2.24. The Bertz CT molecular complexity index is 845. The van der Waals surface area contributed by atoms with Crippen LogP contribution in [0.4, 0.5) is 0 Å². The molecule has 4 unspecified atom stereocenters. The lowest BCUT2D eigenvalue weighted by Crippen LogP contribution is -2.56. The highest BCUT2D eigenvalue weighted by Crippen LogP contribution is 2.12. The molecule has 11 heteroatoms. The van der Waals surface area contributed by atoms with Crippen LogP contribution in [0, 0.1) is 5.92 Å². The van der Waals surface area contributed by atoms with Gasteiger partial charge in [0.05, 0.1) is 6.04 Å². The molecule has 0 saturated carbocycles. The number of carbonyl (C=O) groups excluding carboxylic acids is 3. The van der Waals surface area contributed by atoms with Gasteiger partial charge >= 0.3 is 5.97 Å². The molecular formula is C24H39N5O6. The van der Waals surface area contributed by atoms with E-state index in [0.29, 0.717) is 25.8 Å². The van der Waals surface area contributed by atoms with Gasteiger partial charge in [0.1, 0.15) is 23.9 Å². The SMILES string of the molecule is CC(C)CC(NC(=O)C(N)Cc1ccc(O)cc1)C(=O)NC(C)C(=O)NC(CCCCN)C(=O)O. The fraction of sp³-hybridized carbons (Fsp3) is 0.583. The smallest absolute Gasteiger partial charge is 0.326 e. The van der Waals surface area contributed by atoms with E-state index in [2.05, 4.69) is 16.0 Å². The summed E-state index contributed by atoms with van der Waals surface area (Å²) in [6.45, 7) is 5.64. The van der Waals surface area contributed by atoms with E-state index < -0.39 is 47.9 Å². The van der Waals surface area contributed by atoms with Gasteiger partial charge in [0, 0.05) is 0 Å². The van der Waals surface area contributed by atoms with Crippen LogP contribution in [-0.2, 0) is 25.6 Å². The minimum Gasteiger partial charge on any atom is -0.508 e. The molecule has 9 N–H and O–H groups in total. The summed E-state index contributed by atoms with van der Waals surface area (Å²) < 4.78 is 0. The van der Waals surface area contributed by atoms with Crippen molar-refractivity contribution < 1.29 is 29.4 Å². The van der Waals surface area contributed by atoms with Gasteiger partial charge in [-0.2, -0.15) is 0 Å². The van der Waals surface area contributed by atoms with Crippen LogP contribution in [0.15, 0.2) is 24.3 Å². The zero-order valence-corrected chi connectivity index (χ0v) is 20.6. The predicted molar refractivity (Wildman–Crippen MR) is 131 cm³/mol. The number of phenols is 1. The zero-order chi connectivity index (χ0) is 26.5. The number of carboxylic acid groups (broad SMARTS) is 1. The fourth-order valence-electron chi connectivity index (χ4n) is 3.39. The number of hydrogen-bond acceptors (Lipinski definition) is 7. The van der Waals surface area contributed by atoms with Crippen molar-refractivity contribution in [1.82, 2.24) is 16.0 Å². The lowest BCUT2D eigenvalue weighted by atomic mass is 10.0. The van der Waals surface area contributed by atoms with E-state index in [-0.39, 0.29) is 24.5 Å². The number of nitrogens with two attached hydrogens (primary N) is 2. The van der Waals surface area contributed by atoms with Crippen molar-refractivity contribution in [3.63, 3.8) is 0 Å². The molecule has 0 aliphatic heterocycles. The molecule has 0 aliphatic rings. The third-order valence-electron chi connectivity index (χ3n) is 5.38. The molecule has 0 saturated heterocycles. The molecule has 0 radical (unpaired) electrons. The summed E-state index contributed by atoms with van der Waals surface area (Å²) in [6, 6.07) is 2.34. The number of rotatable bonds is 15. The molecule has 1 aromatic carbocycles. The highest BCUT2D eigenvalue weighted by Gasteiger charge is 2.28. The van der Waals surface area contributed by atoms with Crippen LogP contribution < -0.4 is 27.4 Å². The lowest BCUT2D eigenvalue weighted by molar-refractivity contribution is -0.142. The first-order valence-electron chi connectivity index (χ1n) is 11.8. The maximum absolute atomic E-state index is 12.9. The highest BCUT2D eigenvalue weighted by atomic mass is 16.4. The van der Waals surface area contributed by atoms with Gasteiger partial charge in [-0.05, 0) is 69.2 Å². The molecule has 1 aromatic rings. The van der Waals surface area contributed by atoms with Gasteiger partial charge in [-0.3, -0.25) is 14.4 Å². The van der Waals surface area contributed by atoms with Gasteiger partial charge in [-0.1, -0.05) is 26.0 Å². The number of aliphatic carboxylic acids is 1. The largest absolute Gasteiger partial charge is 0.508 e. The summed E-state index contributed by atoms with van der Waals surface area (Å²) in [5.74, 6) is -2.74. The molecule has 0 aromatic heterocycles. The molecule has 0 bridgehead atoms. The Labute approximate surface area is 206 Å². The van der Waals surface area contributed by atoms with Gasteiger partial charge in [0.15, 0.2) is 0 Å². The third-order valence-corrected chi connectivity index (χ3v) is 5.38. The topological polar surface area (TPSA) is 197 Å². The van der Waals surface area contributed by atoms with Crippen LogP contribution in [0.3, 0.4) is 0 Å². The summed E-state index contributed by atoms with van der Waals surface area (Å²) in [4.78, 5) is 49.5. The number of amides is 3. The van der Waals surface area contributed by atoms with E-state index in [4.69, 9.17) is 11.5 Å². The number of aromatic hydroxyl groups is 1.